The highest BCUT2D eigenvalue weighted by atomic mass is 32.2. The van der Waals surface area contributed by atoms with Crippen molar-refractivity contribution in [1.82, 2.24) is 5.32 Å². The van der Waals surface area contributed by atoms with Gasteiger partial charge in [-0.1, -0.05) is 5.16 Å². The van der Waals surface area contributed by atoms with Crippen LogP contribution in [0.25, 0.3) is 0 Å². The molecule has 1 rings (SSSR count). The summed E-state index contributed by atoms with van der Waals surface area (Å²) >= 11 is 1.97. The largest absolute Gasteiger partial charge is 0.409 e. The maximum absolute atomic E-state index is 8.35. The molecule has 88 valence electrons. The van der Waals surface area contributed by atoms with E-state index in [2.05, 4.69) is 16.7 Å². The van der Waals surface area contributed by atoms with Gasteiger partial charge in [-0.2, -0.15) is 11.8 Å². The second-order valence-electron chi connectivity index (χ2n) is 4.02. The third kappa shape index (κ3) is 4.75. The summed E-state index contributed by atoms with van der Waals surface area (Å²) in [6.45, 7) is 0.960. The number of hydrogen-bond donors (Lipinski definition) is 3. The average Bonchev–Trinajstić information content (AvgIpc) is 2.72. The van der Waals surface area contributed by atoms with E-state index in [9.17, 15) is 0 Å². The molecule has 1 aliphatic carbocycles. The summed E-state index contributed by atoms with van der Waals surface area (Å²) in [5.41, 5.74) is 5.38. The molecule has 0 bridgehead atoms. The molecule has 5 heteroatoms. The van der Waals surface area contributed by atoms with Gasteiger partial charge in [0.15, 0.2) is 0 Å². The lowest BCUT2D eigenvalue weighted by atomic mass is 10.2. The van der Waals surface area contributed by atoms with Crippen LogP contribution in [0, 0.1) is 0 Å². The van der Waals surface area contributed by atoms with Crippen molar-refractivity contribution in [2.75, 3.05) is 12.8 Å². The standard InChI is InChI=1S/C10H21N3OS/c1-15-9-5-4-8(7-9)12-6-2-3-10(11)13-14/h8-9,12,14H,2-7H2,1H3,(H2,11,13). The fraction of sp³-hybridized carbons (Fsp3) is 0.900. The number of oxime groups is 1. The van der Waals surface area contributed by atoms with E-state index in [1.54, 1.807) is 0 Å². The zero-order chi connectivity index (χ0) is 11.1. The quantitative estimate of drug-likeness (QED) is 0.212. The van der Waals surface area contributed by atoms with Gasteiger partial charge in [0.1, 0.15) is 5.84 Å². The summed E-state index contributed by atoms with van der Waals surface area (Å²) in [6, 6.07) is 0.676. The smallest absolute Gasteiger partial charge is 0.139 e. The lowest BCUT2D eigenvalue weighted by Gasteiger charge is -2.12. The Morgan fingerprint density at radius 2 is 2.40 bits per heavy atom. The summed E-state index contributed by atoms with van der Waals surface area (Å²) in [5, 5.41) is 15.7. The Kier molecular flexibility index (Phi) is 5.86. The molecule has 0 amide bonds. The van der Waals surface area contributed by atoms with Gasteiger partial charge >= 0.3 is 0 Å². The Balaban J connectivity index is 2.01. The number of thioether (sulfide) groups is 1. The first kappa shape index (κ1) is 12.6. The predicted octanol–water partition coefficient (Wildman–Crippen LogP) is 1.39. The van der Waals surface area contributed by atoms with Crippen molar-refractivity contribution in [2.45, 2.75) is 43.4 Å². The van der Waals surface area contributed by atoms with E-state index in [-0.39, 0.29) is 0 Å². The van der Waals surface area contributed by atoms with Gasteiger partial charge in [0.25, 0.3) is 0 Å². The van der Waals surface area contributed by atoms with E-state index in [1.165, 1.54) is 19.3 Å². The summed E-state index contributed by atoms with van der Waals surface area (Å²) in [4.78, 5) is 0. The Bertz CT molecular complexity index is 211. The minimum absolute atomic E-state index is 0.324. The molecule has 0 aromatic carbocycles. The van der Waals surface area contributed by atoms with Crippen LogP contribution in [0.2, 0.25) is 0 Å². The molecular weight excluding hydrogens is 210 g/mol. The van der Waals surface area contributed by atoms with Crippen LogP contribution in [-0.4, -0.2) is 35.1 Å². The van der Waals surface area contributed by atoms with Crippen molar-refractivity contribution in [2.24, 2.45) is 10.9 Å². The summed E-state index contributed by atoms with van der Waals surface area (Å²) in [7, 11) is 0. The van der Waals surface area contributed by atoms with Crippen molar-refractivity contribution in [3.63, 3.8) is 0 Å². The number of nitrogens with one attached hydrogen (secondary N) is 1. The normalized spacial score (nSPS) is 27.1. The van der Waals surface area contributed by atoms with Crippen LogP contribution in [0.4, 0.5) is 0 Å². The van der Waals surface area contributed by atoms with Crippen LogP contribution in [0.1, 0.15) is 32.1 Å². The topological polar surface area (TPSA) is 70.6 Å². The number of hydrogen-bond acceptors (Lipinski definition) is 4. The Hall–Kier alpha value is -0.420. The maximum Gasteiger partial charge on any atom is 0.139 e. The van der Waals surface area contributed by atoms with Crippen LogP contribution >= 0.6 is 11.8 Å². The highest BCUT2D eigenvalue weighted by molar-refractivity contribution is 7.99. The molecule has 0 radical (unpaired) electrons. The Morgan fingerprint density at radius 1 is 1.60 bits per heavy atom. The average molecular weight is 231 g/mol. The molecule has 1 fully saturated rings. The second kappa shape index (κ2) is 6.95. The summed E-state index contributed by atoms with van der Waals surface area (Å²) in [6.07, 6.45) is 7.70. The maximum atomic E-state index is 8.35. The molecule has 4 nitrogen and oxygen atoms in total. The van der Waals surface area contributed by atoms with Crippen LogP contribution in [-0.2, 0) is 0 Å². The Morgan fingerprint density at radius 3 is 3.00 bits per heavy atom. The van der Waals surface area contributed by atoms with Gasteiger partial charge in [-0.15, -0.1) is 0 Å². The minimum Gasteiger partial charge on any atom is -0.409 e. The number of nitrogens with zero attached hydrogens (tertiary/aromatic N) is 1. The minimum atomic E-state index is 0.324. The first-order chi connectivity index (χ1) is 7.26. The number of amidine groups is 1. The molecule has 1 saturated carbocycles. The molecule has 0 aliphatic heterocycles. The SMILES string of the molecule is CSC1CCC(NCCCC(N)=NO)C1. The van der Waals surface area contributed by atoms with Crippen molar-refractivity contribution in [3.05, 3.63) is 0 Å². The molecule has 0 heterocycles. The predicted molar refractivity (Wildman–Crippen MR) is 65.6 cm³/mol. The lowest BCUT2D eigenvalue weighted by Crippen LogP contribution is -2.28. The van der Waals surface area contributed by atoms with Gasteiger partial charge < -0.3 is 16.3 Å². The number of nitrogens with two attached hydrogens (primary N) is 1. The van der Waals surface area contributed by atoms with Crippen LogP contribution < -0.4 is 11.1 Å². The third-order valence-electron chi connectivity index (χ3n) is 2.89. The fourth-order valence-electron chi connectivity index (χ4n) is 1.97. The van der Waals surface area contributed by atoms with E-state index in [0.717, 1.165) is 18.2 Å². The lowest BCUT2D eigenvalue weighted by molar-refractivity contribution is 0.316. The Labute approximate surface area is 95.7 Å². The molecule has 4 N–H and O–H groups in total. The second-order valence-corrected chi connectivity index (χ2v) is 5.15. The molecule has 0 saturated heterocycles. The van der Waals surface area contributed by atoms with Crippen molar-refractivity contribution >= 4 is 17.6 Å². The monoisotopic (exact) mass is 231 g/mol. The van der Waals surface area contributed by atoms with Gasteiger partial charge in [0.2, 0.25) is 0 Å². The van der Waals surface area contributed by atoms with E-state index in [4.69, 9.17) is 10.9 Å². The number of rotatable bonds is 6. The van der Waals surface area contributed by atoms with E-state index in [1.807, 2.05) is 11.8 Å². The van der Waals surface area contributed by atoms with Gasteiger partial charge in [0.05, 0.1) is 0 Å². The molecule has 15 heavy (non-hydrogen) atoms. The van der Waals surface area contributed by atoms with E-state index in [0.29, 0.717) is 18.3 Å². The zero-order valence-electron chi connectivity index (χ0n) is 9.28. The molecule has 2 unspecified atom stereocenters. The van der Waals surface area contributed by atoms with Crippen molar-refractivity contribution in [1.29, 1.82) is 0 Å². The molecule has 0 spiro atoms. The highest BCUT2D eigenvalue weighted by Gasteiger charge is 2.22. The van der Waals surface area contributed by atoms with Crippen molar-refractivity contribution in [3.8, 4) is 0 Å². The van der Waals surface area contributed by atoms with E-state index < -0.39 is 0 Å². The van der Waals surface area contributed by atoms with E-state index >= 15 is 0 Å². The fourth-order valence-corrected chi connectivity index (χ4v) is 2.76. The highest BCUT2D eigenvalue weighted by Crippen LogP contribution is 2.27. The first-order valence-electron chi connectivity index (χ1n) is 5.49. The zero-order valence-corrected chi connectivity index (χ0v) is 10.1. The van der Waals surface area contributed by atoms with Gasteiger partial charge in [-0.05, 0) is 38.5 Å². The molecule has 2 atom stereocenters. The van der Waals surface area contributed by atoms with Crippen LogP contribution in [0.5, 0.6) is 0 Å². The molecular formula is C10H21N3OS. The molecule has 1 aliphatic rings. The molecule has 0 aromatic heterocycles. The van der Waals surface area contributed by atoms with Gasteiger partial charge in [-0.3, -0.25) is 0 Å². The third-order valence-corrected chi connectivity index (χ3v) is 3.98. The van der Waals surface area contributed by atoms with Gasteiger partial charge in [-0.25, -0.2) is 0 Å². The van der Waals surface area contributed by atoms with Gasteiger partial charge in [0, 0.05) is 17.7 Å². The van der Waals surface area contributed by atoms with Crippen LogP contribution in [0.3, 0.4) is 0 Å². The molecule has 0 aromatic rings. The summed E-state index contributed by atoms with van der Waals surface area (Å²) in [5.74, 6) is 0.324. The summed E-state index contributed by atoms with van der Waals surface area (Å²) < 4.78 is 0. The first-order valence-corrected chi connectivity index (χ1v) is 6.77. The van der Waals surface area contributed by atoms with Crippen molar-refractivity contribution < 1.29 is 5.21 Å². The van der Waals surface area contributed by atoms with Crippen LogP contribution in [0.15, 0.2) is 5.16 Å².